The molecule has 0 saturated heterocycles. The van der Waals surface area contributed by atoms with Crippen molar-refractivity contribution in [2.75, 3.05) is 33.8 Å². The number of fused-ring (bicyclic) bond motifs is 1. The second-order valence-electron chi connectivity index (χ2n) is 6.85. The van der Waals surface area contributed by atoms with Crippen LogP contribution < -0.4 is 19.5 Å². The standard InChI is InChI=1S/C21H22N6O5S/c1-10-15-19(32-5)22-14(9-29-2)23-20(15)33-16(10)18(28)25-21-24-17(26-27-21)12-7-6-11(30-3)8-13(12)31-4/h6-8H,9H2,1-5H3,(H2,24,25,26,27,28). The van der Waals surface area contributed by atoms with E-state index in [1.54, 1.807) is 39.5 Å². The molecule has 0 aliphatic rings. The molecular weight excluding hydrogens is 448 g/mol. The average Bonchev–Trinajstić information content (AvgIpc) is 3.42. The maximum absolute atomic E-state index is 13.0. The van der Waals surface area contributed by atoms with Crippen molar-refractivity contribution < 1.29 is 23.7 Å². The summed E-state index contributed by atoms with van der Waals surface area (Å²) in [6.45, 7) is 2.06. The minimum absolute atomic E-state index is 0.128. The van der Waals surface area contributed by atoms with Gasteiger partial charge >= 0.3 is 0 Å². The number of hydrogen-bond donors (Lipinski definition) is 2. The first-order valence-electron chi connectivity index (χ1n) is 9.78. The first kappa shape index (κ1) is 22.4. The van der Waals surface area contributed by atoms with E-state index in [9.17, 15) is 4.79 Å². The van der Waals surface area contributed by atoms with Crippen LogP contribution in [0.25, 0.3) is 21.6 Å². The Morgan fingerprint density at radius 2 is 1.91 bits per heavy atom. The van der Waals surface area contributed by atoms with Crippen LogP contribution in [0.1, 0.15) is 21.1 Å². The summed E-state index contributed by atoms with van der Waals surface area (Å²) < 4.78 is 21.2. The Kier molecular flexibility index (Phi) is 6.38. The number of thiophene rings is 1. The zero-order valence-corrected chi connectivity index (χ0v) is 19.5. The SMILES string of the molecule is COCc1nc(OC)c2c(C)c(C(=O)Nc3n[nH]c(-c4ccc(OC)cc4OC)n3)sc2n1. The molecule has 0 atom stereocenters. The summed E-state index contributed by atoms with van der Waals surface area (Å²) in [7, 11) is 6.21. The van der Waals surface area contributed by atoms with Crippen LogP contribution in [0.15, 0.2) is 18.2 Å². The van der Waals surface area contributed by atoms with E-state index in [4.69, 9.17) is 18.9 Å². The highest BCUT2D eigenvalue weighted by Gasteiger charge is 2.22. The highest BCUT2D eigenvalue weighted by Crippen LogP contribution is 2.36. The molecule has 4 rings (SSSR count). The minimum Gasteiger partial charge on any atom is -0.497 e. The van der Waals surface area contributed by atoms with E-state index < -0.39 is 0 Å². The van der Waals surface area contributed by atoms with Crippen LogP contribution in [0.4, 0.5) is 5.95 Å². The number of H-pyrrole nitrogens is 1. The van der Waals surface area contributed by atoms with Crippen molar-refractivity contribution in [3.63, 3.8) is 0 Å². The fourth-order valence-corrected chi connectivity index (χ4v) is 4.38. The van der Waals surface area contributed by atoms with Gasteiger partial charge in [0.1, 0.15) is 22.9 Å². The van der Waals surface area contributed by atoms with Gasteiger partial charge in [-0.15, -0.1) is 16.4 Å². The number of nitrogens with zero attached hydrogens (tertiary/aromatic N) is 4. The van der Waals surface area contributed by atoms with Crippen molar-refractivity contribution in [3.8, 4) is 28.8 Å². The summed E-state index contributed by atoms with van der Waals surface area (Å²) >= 11 is 1.24. The number of anilines is 1. The summed E-state index contributed by atoms with van der Waals surface area (Å²) in [4.78, 5) is 27.3. The molecule has 3 heterocycles. The summed E-state index contributed by atoms with van der Waals surface area (Å²) in [5.74, 6) is 2.28. The zero-order chi connectivity index (χ0) is 23.5. The smallest absolute Gasteiger partial charge is 0.268 e. The van der Waals surface area contributed by atoms with E-state index in [2.05, 4.69) is 30.5 Å². The molecule has 0 aliphatic heterocycles. The van der Waals surface area contributed by atoms with E-state index in [0.29, 0.717) is 55.2 Å². The van der Waals surface area contributed by atoms with Crippen LogP contribution in [0.3, 0.4) is 0 Å². The molecule has 11 nitrogen and oxygen atoms in total. The molecule has 0 aliphatic carbocycles. The highest BCUT2D eigenvalue weighted by molar-refractivity contribution is 7.20. The lowest BCUT2D eigenvalue weighted by Gasteiger charge is -2.07. The number of nitrogens with one attached hydrogen (secondary N) is 2. The number of hydrogen-bond acceptors (Lipinski definition) is 10. The number of aryl methyl sites for hydroxylation is 1. The second kappa shape index (κ2) is 9.38. The zero-order valence-electron chi connectivity index (χ0n) is 18.7. The Morgan fingerprint density at radius 1 is 1.09 bits per heavy atom. The van der Waals surface area contributed by atoms with E-state index in [0.717, 1.165) is 0 Å². The van der Waals surface area contributed by atoms with Crippen LogP contribution >= 0.6 is 11.3 Å². The molecule has 33 heavy (non-hydrogen) atoms. The van der Waals surface area contributed by atoms with Crippen molar-refractivity contribution in [3.05, 3.63) is 34.5 Å². The van der Waals surface area contributed by atoms with Crippen LogP contribution in [0.5, 0.6) is 17.4 Å². The minimum atomic E-state index is -0.363. The fraction of sp³-hybridized carbons (Fsp3) is 0.286. The van der Waals surface area contributed by atoms with Gasteiger partial charge in [-0.2, -0.15) is 9.97 Å². The lowest BCUT2D eigenvalue weighted by molar-refractivity contribution is 0.102. The maximum atomic E-state index is 13.0. The molecule has 12 heteroatoms. The normalized spacial score (nSPS) is 10.9. The number of methoxy groups -OCH3 is 4. The van der Waals surface area contributed by atoms with Gasteiger partial charge in [-0.1, -0.05) is 0 Å². The monoisotopic (exact) mass is 470 g/mol. The first-order valence-corrected chi connectivity index (χ1v) is 10.6. The average molecular weight is 471 g/mol. The number of ether oxygens (including phenoxy) is 4. The fourth-order valence-electron chi connectivity index (χ4n) is 3.29. The van der Waals surface area contributed by atoms with Crippen LogP contribution in [0.2, 0.25) is 0 Å². The predicted molar refractivity (Wildman–Crippen MR) is 122 cm³/mol. The molecule has 0 radical (unpaired) electrons. The number of carbonyl (C=O) groups excluding carboxylic acids is 1. The predicted octanol–water partition coefficient (Wildman–Crippen LogP) is 3.21. The van der Waals surface area contributed by atoms with Gasteiger partial charge in [-0.25, -0.2) is 4.98 Å². The number of aromatic amines is 1. The molecule has 3 aromatic heterocycles. The van der Waals surface area contributed by atoms with Gasteiger partial charge in [0.2, 0.25) is 11.8 Å². The lowest BCUT2D eigenvalue weighted by atomic mass is 10.2. The van der Waals surface area contributed by atoms with Crippen molar-refractivity contribution in [1.29, 1.82) is 0 Å². The largest absolute Gasteiger partial charge is 0.497 e. The maximum Gasteiger partial charge on any atom is 0.268 e. The van der Waals surface area contributed by atoms with E-state index >= 15 is 0 Å². The van der Waals surface area contributed by atoms with Crippen LogP contribution in [-0.4, -0.2) is 59.5 Å². The topological polar surface area (TPSA) is 133 Å². The van der Waals surface area contributed by atoms with Crippen LogP contribution in [0, 0.1) is 6.92 Å². The highest BCUT2D eigenvalue weighted by atomic mass is 32.1. The Hall–Kier alpha value is -3.77. The Bertz CT molecular complexity index is 1320. The summed E-state index contributed by atoms with van der Waals surface area (Å²) in [6.07, 6.45) is 0. The van der Waals surface area contributed by atoms with Gasteiger partial charge in [0.25, 0.3) is 5.91 Å². The molecule has 0 spiro atoms. The Labute approximate surface area is 193 Å². The molecule has 0 saturated carbocycles. The molecular formula is C21H22N6O5S. The third kappa shape index (κ3) is 4.30. The molecule has 1 amide bonds. The third-order valence-corrected chi connectivity index (χ3v) is 6.04. The van der Waals surface area contributed by atoms with E-state index in [1.165, 1.54) is 18.4 Å². The number of amides is 1. The number of carbonyl (C=O) groups is 1. The Balaban J connectivity index is 1.62. The molecule has 1 aromatic carbocycles. The summed E-state index contributed by atoms with van der Waals surface area (Å²) in [6, 6.07) is 5.32. The third-order valence-electron chi connectivity index (χ3n) is 4.85. The summed E-state index contributed by atoms with van der Waals surface area (Å²) in [5.41, 5.74) is 1.39. The lowest BCUT2D eigenvalue weighted by Crippen LogP contribution is -2.12. The molecule has 2 N–H and O–H groups in total. The second-order valence-corrected chi connectivity index (χ2v) is 7.85. The quantitative estimate of drug-likeness (QED) is 0.398. The summed E-state index contributed by atoms with van der Waals surface area (Å²) in [5, 5.41) is 10.3. The van der Waals surface area contributed by atoms with Crippen molar-refractivity contribution >= 4 is 33.4 Å². The van der Waals surface area contributed by atoms with Crippen molar-refractivity contribution in [2.24, 2.45) is 0 Å². The number of rotatable bonds is 8. The van der Waals surface area contributed by atoms with Gasteiger partial charge in [-0.3, -0.25) is 15.2 Å². The molecule has 4 aromatic rings. The molecule has 0 unspecified atom stereocenters. The van der Waals surface area contributed by atoms with Crippen LogP contribution in [-0.2, 0) is 11.3 Å². The van der Waals surface area contributed by atoms with Gasteiger partial charge in [-0.05, 0) is 24.6 Å². The van der Waals surface area contributed by atoms with Crippen molar-refractivity contribution in [1.82, 2.24) is 25.1 Å². The van der Waals surface area contributed by atoms with Gasteiger partial charge in [0, 0.05) is 13.2 Å². The van der Waals surface area contributed by atoms with Gasteiger partial charge in [0.15, 0.2) is 11.6 Å². The van der Waals surface area contributed by atoms with Gasteiger partial charge < -0.3 is 18.9 Å². The van der Waals surface area contributed by atoms with Crippen molar-refractivity contribution in [2.45, 2.75) is 13.5 Å². The Morgan fingerprint density at radius 3 is 2.61 bits per heavy atom. The molecule has 172 valence electrons. The van der Waals surface area contributed by atoms with E-state index in [1.807, 2.05) is 6.92 Å². The first-order chi connectivity index (χ1) is 16.0. The van der Waals surface area contributed by atoms with E-state index in [-0.39, 0.29) is 18.5 Å². The molecule has 0 bridgehead atoms. The van der Waals surface area contributed by atoms with Gasteiger partial charge in [0.05, 0.1) is 37.2 Å². The number of aromatic nitrogens is 5. The molecule has 0 fully saturated rings. The number of benzene rings is 1.